The van der Waals surface area contributed by atoms with Gasteiger partial charge in [0, 0.05) is 37.9 Å². The monoisotopic (exact) mass is 317 g/mol. The van der Waals surface area contributed by atoms with Crippen LogP contribution in [0.2, 0.25) is 0 Å². The molecule has 2 saturated heterocycles. The second-order valence-corrected chi connectivity index (χ2v) is 7.27. The number of anilines is 2. The van der Waals surface area contributed by atoms with Crippen molar-refractivity contribution in [1.29, 1.82) is 0 Å². The lowest BCUT2D eigenvalue weighted by Gasteiger charge is -2.34. The summed E-state index contributed by atoms with van der Waals surface area (Å²) in [5.74, 6) is 1.50. The molecule has 0 aromatic heterocycles. The number of piperidine rings is 2. The Morgan fingerprint density at radius 2 is 1.48 bits per heavy atom. The summed E-state index contributed by atoms with van der Waals surface area (Å²) < 4.78 is 0. The molecule has 0 atom stereocenters. The second-order valence-electron chi connectivity index (χ2n) is 7.27. The van der Waals surface area contributed by atoms with Crippen molar-refractivity contribution in [3.8, 4) is 0 Å². The van der Waals surface area contributed by atoms with Crippen molar-refractivity contribution >= 4 is 17.1 Å². The first kappa shape index (κ1) is 16.1. The Hall–Kier alpha value is -1.78. The molecule has 0 spiro atoms. The van der Waals surface area contributed by atoms with Gasteiger partial charge in [-0.2, -0.15) is 0 Å². The van der Waals surface area contributed by atoms with E-state index >= 15 is 0 Å². The molecule has 0 saturated carbocycles. The summed E-state index contributed by atoms with van der Waals surface area (Å²) in [4.78, 5) is 15.8. The van der Waals surface area contributed by atoms with Crippen LogP contribution in [-0.4, -0.2) is 31.1 Å². The zero-order valence-corrected chi connectivity index (χ0v) is 14.2. The van der Waals surface area contributed by atoms with Gasteiger partial charge in [0.15, 0.2) is 0 Å². The first-order chi connectivity index (χ1) is 11.0. The van der Waals surface area contributed by atoms with Crippen molar-refractivity contribution in [2.75, 3.05) is 36.0 Å². The summed E-state index contributed by atoms with van der Waals surface area (Å²) in [7, 11) is 0. The normalized spacial score (nSPS) is 20.8. The largest absolute Gasteiger partial charge is 0.371 e. The van der Waals surface area contributed by atoms with E-state index in [0.717, 1.165) is 62.2 Å². The van der Waals surface area contributed by atoms with Crippen LogP contribution in [-0.2, 0) is 0 Å². The molecule has 5 nitrogen and oxygen atoms in total. The molecule has 0 unspecified atom stereocenters. The maximum atomic E-state index is 11.4. The topological polar surface area (TPSA) is 49.6 Å². The van der Waals surface area contributed by atoms with Crippen molar-refractivity contribution in [3.05, 3.63) is 28.3 Å². The Morgan fingerprint density at radius 1 is 0.957 bits per heavy atom. The lowest BCUT2D eigenvalue weighted by molar-refractivity contribution is -0.384. The van der Waals surface area contributed by atoms with E-state index in [0.29, 0.717) is 0 Å². The third kappa shape index (κ3) is 3.59. The van der Waals surface area contributed by atoms with E-state index in [1.165, 1.54) is 12.8 Å². The van der Waals surface area contributed by atoms with E-state index in [-0.39, 0.29) is 10.6 Å². The molecule has 126 valence electrons. The fourth-order valence-electron chi connectivity index (χ4n) is 3.63. The summed E-state index contributed by atoms with van der Waals surface area (Å²) in [5, 5.41) is 11.4. The number of hydrogen-bond acceptors (Lipinski definition) is 4. The average Bonchev–Trinajstić information content (AvgIpc) is 2.55. The predicted molar refractivity (Wildman–Crippen MR) is 94.3 cm³/mol. The molecule has 2 aliphatic rings. The Labute approximate surface area is 138 Å². The van der Waals surface area contributed by atoms with Gasteiger partial charge in [-0.15, -0.1) is 0 Å². The summed E-state index contributed by atoms with van der Waals surface area (Å²) in [6.07, 6.45) is 4.63. The summed E-state index contributed by atoms with van der Waals surface area (Å²) in [6, 6.07) is 5.66. The van der Waals surface area contributed by atoms with Crippen molar-refractivity contribution in [2.24, 2.45) is 11.8 Å². The summed E-state index contributed by atoms with van der Waals surface area (Å²) in [6.45, 7) is 8.50. The maximum absolute atomic E-state index is 11.4. The first-order valence-corrected chi connectivity index (χ1v) is 8.83. The van der Waals surface area contributed by atoms with E-state index in [2.05, 4.69) is 23.6 Å². The third-order valence-electron chi connectivity index (χ3n) is 5.43. The van der Waals surface area contributed by atoms with E-state index in [1.807, 2.05) is 12.1 Å². The molecule has 2 fully saturated rings. The van der Waals surface area contributed by atoms with Gasteiger partial charge >= 0.3 is 0 Å². The van der Waals surface area contributed by atoms with Crippen LogP contribution in [0.3, 0.4) is 0 Å². The van der Waals surface area contributed by atoms with Crippen LogP contribution in [0.1, 0.15) is 39.5 Å². The van der Waals surface area contributed by atoms with Crippen LogP contribution in [0, 0.1) is 22.0 Å². The number of nitro groups is 1. The molecule has 0 radical (unpaired) electrons. The Balaban J connectivity index is 1.86. The predicted octanol–water partition coefficient (Wildman–Crippen LogP) is 4.07. The average molecular weight is 317 g/mol. The standard InChI is InChI=1S/C18H27N3O2/c1-14-5-9-19(10-6-14)16-3-4-17(21(22)23)18(13-16)20-11-7-15(2)8-12-20/h3-4,13-15H,5-12H2,1-2H3. The number of hydrogen-bond donors (Lipinski definition) is 0. The first-order valence-electron chi connectivity index (χ1n) is 8.83. The van der Waals surface area contributed by atoms with Crippen LogP contribution >= 0.6 is 0 Å². The molecule has 1 aromatic rings. The maximum Gasteiger partial charge on any atom is 0.292 e. The SMILES string of the molecule is CC1CCN(c2ccc([N+](=O)[O-])c(N3CCC(C)CC3)c2)CC1. The zero-order valence-electron chi connectivity index (χ0n) is 14.2. The minimum atomic E-state index is -0.241. The van der Waals surface area contributed by atoms with E-state index in [4.69, 9.17) is 0 Å². The lowest BCUT2D eigenvalue weighted by atomic mass is 9.97. The van der Waals surface area contributed by atoms with Crippen molar-refractivity contribution in [3.63, 3.8) is 0 Å². The molecule has 0 bridgehead atoms. The summed E-state index contributed by atoms with van der Waals surface area (Å²) in [5.41, 5.74) is 2.18. The molecule has 0 amide bonds. The minimum absolute atomic E-state index is 0.241. The quantitative estimate of drug-likeness (QED) is 0.623. The highest BCUT2D eigenvalue weighted by Gasteiger charge is 2.25. The Kier molecular flexibility index (Phi) is 4.74. The van der Waals surface area contributed by atoms with E-state index < -0.39 is 0 Å². The van der Waals surface area contributed by atoms with Crippen LogP contribution in [0.25, 0.3) is 0 Å². The van der Waals surface area contributed by atoms with Gasteiger partial charge in [0.2, 0.25) is 0 Å². The number of nitrogens with zero attached hydrogens (tertiary/aromatic N) is 3. The van der Waals surface area contributed by atoms with E-state index in [9.17, 15) is 10.1 Å². The van der Waals surface area contributed by atoms with Crippen LogP contribution in [0.4, 0.5) is 17.1 Å². The van der Waals surface area contributed by atoms with Gasteiger partial charge < -0.3 is 9.80 Å². The third-order valence-corrected chi connectivity index (χ3v) is 5.43. The van der Waals surface area contributed by atoms with Gasteiger partial charge in [0.25, 0.3) is 5.69 Å². The number of rotatable bonds is 3. The van der Waals surface area contributed by atoms with Gasteiger partial charge in [-0.05, 0) is 49.7 Å². The molecule has 1 aromatic carbocycles. The molecule has 5 heteroatoms. The highest BCUT2D eigenvalue weighted by atomic mass is 16.6. The molecule has 2 aliphatic heterocycles. The van der Waals surface area contributed by atoms with Crippen molar-refractivity contribution < 1.29 is 4.92 Å². The van der Waals surface area contributed by atoms with Crippen LogP contribution in [0.5, 0.6) is 0 Å². The molecule has 0 aliphatic carbocycles. The molecule has 2 heterocycles. The van der Waals surface area contributed by atoms with Gasteiger partial charge in [-0.1, -0.05) is 13.8 Å². The zero-order chi connectivity index (χ0) is 16.4. The summed E-state index contributed by atoms with van der Waals surface area (Å²) >= 11 is 0. The van der Waals surface area contributed by atoms with Crippen molar-refractivity contribution in [2.45, 2.75) is 39.5 Å². The molecular weight excluding hydrogens is 290 g/mol. The van der Waals surface area contributed by atoms with Gasteiger partial charge in [0.05, 0.1) is 4.92 Å². The highest BCUT2D eigenvalue weighted by Crippen LogP contribution is 2.36. The Bertz CT molecular complexity index is 559. The molecular formula is C18H27N3O2. The Morgan fingerprint density at radius 3 is 2.00 bits per heavy atom. The second kappa shape index (κ2) is 6.77. The molecule has 0 N–H and O–H groups in total. The van der Waals surface area contributed by atoms with Crippen LogP contribution < -0.4 is 9.80 Å². The van der Waals surface area contributed by atoms with E-state index in [1.54, 1.807) is 6.07 Å². The van der Waals surface area contributed by atoms with Gasteiger partial charge in [-0.25, -0.2) is 0 Å². The minimum Gasteiger partial charge on any atom is -0.371 e. The van der Waals surface area contributed by atoms with Gasteiger partial charge in [0.1, 0.15) is 5.69 Å². The fourth-order valence-corrected chi connectivity index (χ4v) is 3.63. The molecule has 3 rings (SSSR count). The fraction of sp³-hybridized carbons (Fsp3) is 0.667. The van der Waals surface area contributed by atoms with Gasteiger partial charge in [-0.3, -0.25) is 10.1 Å². The highest BCUT2D eigenvalue weighted by molar-refractivity contribution is 5.70. The van der Waals surface area contributed by atoms with Crippen molar-refractivity contribution in [1.82, 2.24) is 0 Å². The number of benzene rings is 1. The lowest BCUT2D eigenvalue weighted by Crippen LogP contribution is -2.34. The molecule has 23 heavy (non-hydrogen) atoms. The smallest absolute Gasteiger partial charge is 0.292 e. The number of nitro benzene ring substituents is 1. The van der Waals surface area contributed by atoms with Crippen LogP contribution in [0.15, 0.2) is 18.2 Å².